The summed E-state index contributed by atoms with van der Waals surface area (Å²) in [5.41, 5.74) is 1.95. The average molecular weight is 337 g/mol. The molecule has 1 aromatic carbocycles. The first-order valence-corrected chi connectivity index (χ1v) is 7.88. The molecule has 0 aromatic heterocycles. The fraction of sp³-hybridized carbons (Fsp3) is 0.400. The van der Waals surface area contributed by atoms with Crippen molar-refractivity contribution < 1.29 is 14.4 Å². The summed E-state index contributed by atoms with van der Waals surface area (Å²) in [5, 5.41) is 6.58. The summed E-state index contributed by atoms with van der Waals surface area (Å²) >= 11 is 5.77. The second-order valence-corrected chi connectivity index (χ2v) is 6.22. The molecule has 2 fully saturated rings. The zero-order valence-corrected chi connectivity index (χ0v) is 13.2. The molecule has 1 aromatic rings. The van der Waals surface area contributed by atoms with Gasteiger partial charge in [0.15, 0.2) is 0 Å². The highest BCUT2D eigenvalue weighted by Crippen LogP contribution is 2.32. The minimum Gasteiger partial charge on any atom is -0.322 e. The third-order valence-corrected chi connectivity index (χ3v) is 4.44. The number of benzene rings is 1. The van der Waals surface area contributed by atoms with Crippen molar-refractivity contribution in [2.75, 3.05) is 5.32 Å². The van der Waals surface area contributed by atoms with E-state index in [0.29, 0.717) is 23.6 Å². The smallest absolute Gasteiger partial charge is 0.322 e. The number of nitrogens with zero attached hydrogens (tertiary/aromatic N) is 1. The van der Waals surface area contributed by atoms with Crippen LogP contribution in [0.1, 0.15) is 32.1 Å². The normalized spacial score (nSPS) is 19.6. The Balaban J connectivity index is 1.65. The van der Waals surface area contributed by atoms with Crippen molar-refractivity contribution in [2.24, 2.45) is 0 Å². The van der Waals surface area contributed by atoms with Crippen LogP contribution in [0.5, 0.6) is 0 Å². The lowest BCUT2D eigenvalue weighted by Crippen LogP contribution is -2.51. The van der Waals surface area contributed by atoms with Crippen molar-refractivity contribution in [3.05, 3.63) is 29.3 Å². The molecular formula is C15H17ClN4O3. The lowest BCUT2D eigenvalue weighted by atomic mass is 9.82. The SMILES string of the molecule is O=C(Nc1ccc(Cl)cc1)NN1C(=O)NC2(CCCCC2)C1=O. The summed E-state index contributed by atoms with van der Waals surface area (Å²) in [6.45, 7) is 0. The van der Waals surface area contributed by atoms with Crippen LogP contribution in [0.2, 0.25) is 5.02 Å². The van der Waals surface area contributed by atoms with Gasteiger partial charge in [-0.15, -0.1) is 0 Å². The zero-order chi connectivity index (χ0) is 16.4. The van der Waals surface area contributed by atoms with Crippen LogP contribution in [0.15, 0.2) is 24.3 Å². The standard InChI is InChI=1S/C15H17ClN4O3/c16-10-4-6-11(7-5-10)17-13(22)19-20-12(21)15(18-14(20)23)8-2-1-3-9-15/h4-7H,1-3,8-9H2,(H,18,23)(H2,17,19,22). The van der Waals surface area contributed by atoms with Crippen molar-refractivity contribution in [2.45, 2.75) is 37.6 Å². The van der Waals surface area contributed by atoms with Gasteiger partial charge in [-0.1, -0.05) is 30.9 Å². The van der Waals surface area contributed by atoms with Crippen LogP contribution in [0.25, 0.3) is 0 Å². The van der Waals surface area contributed by atoms with E-state index in [9.17, 15) is 14.4 Å². The Labute approximate surface area is 138 Å². The number of carbonyl (C=O) groups is 3. The van der Waals surface area contributed by atoms with Gasteiger partial charge in [0, 0.05) is 10.7 Å². The first-order chi connectivity index (χ1) is 11.0. The van der Waals surface area contributed by atoms with Gasteiger partial charge in [0.25, 0.3) is 5.91 Å². The summed E-state index contributed by atoms with van der Waals surface area (Å²) in [7, 11) is 0. The number of nitrogens with one attached hydrogen (secondary N) is 3. The lowest BCUT2D eigenvalue weighted by Gasteiger charge is -2.30. The minimum atomic E-state index is -0.858. The van der Waals surface area contributed by atoms with E-state index in [1.165, 1.54) is 0 Å². The van der Waals surface area contributed by atoms with Crippen LogP contribution >= 0.6 is 11.6 Å². The molecule has 0 bridgehead atoms. The summed E-state index contributed by atoms with van der Waals surface area (Å²) in [6, 6.07) is 5.24. The van der Waals surface area contributed by atoms with Crippen LogP contribution in [-0.4, -0.2) is 28.5 Å². The number of amides is 5. The molecular weight excluding hydrogens is 320 g/mol. The highest BCUT2D eigenvalue weighted by Gasteiger charge is 2.52. The second kappa shape index (κ2) is 6.08. The van der Waals surface area contributed by atoms with E-state index in [-0.39, 0.29) is 0 Å². The molecule has 3 N–H and O–H groups in total. The highest BCUT2D eigenvalue weighted by molar-refractivity contribution is 6.30. The molecule has 1 saturated carbocycles. The number of halogens is 1. The summed E-state index contributed by atoms with van der Waals surface area (Å²) in [4.78, 5) is 36.5. The van der Waals surface area contributed by atoms with Crippen LogP contribution in [0, 0.1) is 0 Å². The number of anilines is 1. The molecule has 5 amide bonds. The number of hydrogen-bond donors (Lipinski definition) is 3. The predicted molar refractivity (Wildman–Crippen MR) is 84.8 cm³/mol. The predicted octanol–water partition coefficient (Wildman–Crippen LogP) is 2.63. The molecule has 0 unspecified atom stereocenters. The average Bonchev–Trinajstić information content (AvgIpc) is 2.75. The van der Waals surface area contributed by atoms with Crippen molar-refractivity contribution in [3.8, 4) is 0 Å². The highest BCUT2D eigenvalue weighted by atomic mass is 35.5. The van der Waals surface area contributed by atoms with Gasteiger partial charge >= 0.3 is 12.1 Å². The molecule has 1 aliphatic heterocycles. The largest absolute Gasteiger partial charge is 0.344 e. The third kappa shape index (κ3) is 3.10. The molecule has 1 spiro atoms. The third-order valence-electron chi connectivity index (χ3n) is 4.18. The van der Waals surface area contributed by atoms with Gasteiger partial charge in [-0.05, 0) is 37.1 Å². The number of hydrazine groups is 1. The molecule has 8 heteroatoms. The molecule has 122 valence electrons. The monoisotopic (exact) mass is 336 g/mol. The Bertz CT molecular complexity index is 641. The van der Waals surface area contributed by atoms with E-state index in [2.05, 4.69) is 16.1 Å². The van der Waals surface area contributed by atoms with E-state index in [0.717, 1.165) is 24.3 Å². The van der Waals surface area contributed by atoms with Crippen molar-refractivity contribution in [1.29, 1.82) is 0 Å². The quantitative estimate of drug-likeness (QED) is 0.725. The Morgan fingerprint density at radius 1 is 1.13 bits per heavy atom. The summed E-state index contributed by atoms with van der Waals surface area (Å²) in [6.07, 6.45) is 4.03. The number of urea groups is 2. The van der Waals surface area contributed by atoms with Crippen LogP contribution < -0.4 is 16.1 Å². The van der Waals surface area contributed by atoms with E-state index < -0.39 is 23.5 Å². The van der Waals surface area contributed by atoms with Gasteiger partial charge in [0.2, 0.25) is 0 Å². The van der Waals surface area contributed by atoms with Gasteiger partial charge in [0.1, 0.15) is 5.54 Å². The Morgan fingerprint density at radius 2 is 1.78 bits per heavy atom. The maximum atomic E-state index is 12.5. The Hall–Kier alpha value is -2.28. The second-order valence-electron chi connectivity index (χ2n) is 5.79. The molecule has 0 atom stereocenters. The first-order valence-electron chi connectivity index (χ1n) is 7.50. The Morgan fingerprint density at radius 3 is 2.43 bits per heavy atom. The molecule has 1 heterocycles. The Kier molecular flexibility index (Phi) is 4.12. The fourth-order valence-corrected chi connectivity index (χ4v) is 3.14. The molecule has 2 aliphatic rings. The molecule has 7 nitrogen and oxygen atoms in total. The number of hydrogen-bond acceptors (Lipinski definition) is 3. The van der Waals surface area contributed by atoms with E-state index >= 15 is 0 Å². The van der Waals surface area contributed by atoms with Gasteiger partial charge in [-0.3, -0.25) is 4.79 Å². The van der Waals surface area contributed by atoms with Gasteiger partial charge < -0.3 is 10.6 Å². The van der Waals surface area contributed by atoms with Gasteiger partial charge in [0.05, 0.1) is 0 Å². The van der Waals surface area contributed by atoms with Gasteiger partial charge in [-0.2, -0.15) is 5.01 Å². The lowest BCUT2D eigenvalue weighted by molar-refractivity contribution is -0.133. The maximum Gasteiger partial charge on any atom is 0.344 e. The van der Waals surface area contributed by atoms with Crippen LogP contribution in [0.4, 0.5) is 15.3 Å². The number of imide groups is 1. The van der Waals surface area contributed by atoms with Crippen molar-refractivity contribution in [3.63, 3.8) is 0 Å². The van der Waals surface area contributed by atoms with Crippen LogP contribution in [0.3, 0.4) is 0 Å². The molecule has 3 rings (SSSR count). The first kappa shape index (κ1) is 15.6. The van der Waals surface area contributed by atoms with Crippen LogP contribution in [-0.2, 0) is 4.79 Å². The summed E-state index contributed by atoms with van der Waals surface area (Å²) < 4.78 is 0. The molecule has 1 saturated heterocycles. The number of rotatable bonds is 2. The molecule has 1 aliphatic carbocycles. The summed E-state index contributed by atoms with van der Waals surface area (Å²) in [5.74, 6) is -0.395. The topological polar surface area (TPSA) is 90.5 Å². The van der Waals surface area contributed by atoms with E-state index in [1.807, 2.05) is 0 Å². The van der Waals surface area contributed by atoms with E-state index in [1.54, 1.807) is 24.3 Å². The van der Waals surface area contributed by atoms with E-state index in [4.69, 9.17) is 11.6 Å². The van der Waals surface area contributed by atoms with Crippen molar-refractivity contribution >= 4 is 35.3 Å². The van der Waals surface area contributed by atoms with Gasteiger partial charge in [-0.25, -0.2) is 15.0 Å². The molecule has 0 radical (unpaired) electrons. The maximum absolute atomic E-state index is 12.5. The minimum absolute atomic E-state index is 0.395. The molecule has 23 heavy (non-hydrogen) atoms. The fourth-order valence-electron chi connectivity index (χ4n) is 3.01. The zero-order valence-electron chi connectivity index (χ0n) is 12.4. The number of carbonyl (C=O) groups excluding carboxylic acids is 3. The van der Waals surface area contributed by atoms with Crippen molar-refractivity contribution in [1.82, 2.24) is 15.8 Å².